The first-order chi connectivity index (χ1) is 11.9. The molecule has 1 aromatic heterocycles. The molecule has 1 fully saturated rings. The molecule has 0 amide bonds. The number of ether oxygens (including phenoxy) is 1. The standard InChI is InChI=1S/C20H25N2O3/c1-5-15-12-17-14(13-22(15)24)11-18(23)16(6-2)19(17)21-9-7-20(3,25-4)8-10-21/h2,12-13,24H,5,7-11H2,1,3-4H3/q+1. The number of hydrogen-bond acceptors (Lipinski definition) is 4. The highest BCUT2D eigenvalue weighted by Gasteiger charge is 2.36. The van der Waals surface area contributed by atoms with Gasteiger partial charge in [0.05, 0.1) is 16.9 Å². The van der Waals surface area contributed by atoms with Crippen molar-refractivity contribution < 1.29 is 19.5 Å². The van der Waals surface area contributed by atoms with Crippen LogP contribution in [-0.2, 0) is 22.4 Å². The summed E-state index contributed by atoms with van der Waals surface area (Å²) in [5.41, 5.74) is 3.73. The number of piperidine rings is 1. The summed E-state index contributed by atoms with van der Waals surface area (Å²) in [6.45, 7) is 5.67. The van der Waals surface area contributed by atoms with Crippen molar-refractivity contribution in [3.63, 3.8) is 0 Å². The first-order valence-corrected chi connectivity index (χ1v) is 8.73. The van der Waals surface area contributed by atoms with Gasteiger partial charge in [-0.25, -0.2) is 0 Å². The van der Waals surface area contributed by atoms with Crippen LogP contribution in [0.5, 0.6) is 0 Å². The van der Waals surface area contributed by atoms with Crippen LogP contribution < -0.4 is 4.73 Å². The van der Waals surface area contributed by atoms with E-state index in [1.54, 1.807) is 13.3 Å². The molecule has 1 aliphatic carbocycles. The molecule has 132 valence electrons. The zero-order valence-electron chi connectivity index (χ0n) is 15.1. The number of carbonyl (C=O) groups is 1. The van der Waals surface area contributed by atoms with Gasteiger partial charge in [-0.2, -0.15) is 0 Å². The van der Waals surface area contributed by atoms with E-state index in [4.69, 9.17) is 11.2 Å². The maximum absolute atomic E-state index is 12.5. The number of allylic oxidation sites excluding steroid dienone is 1. The second kappa shape index (κ2) is 6.53. The van der Waals surface area contributed by atoms with E-state index in [2.05, 4.69) is 17.7 Å². The van der Waals surface area contributed by atoms with Crippen LogP contribution in [0.25, 0.3) is 5.70 Å². The van der Waals surface area contributed by atoms with Crippen LogP contribution in [0.1, 0.15) is 43.5 Å². The maximum atomic E-state index is 12.5. The number of pyridine rings is 1. The minimum absolute atomic E-state index is 0.0608. The Hall–Kier alpha value is -2.32. The van der Waals surface area contributed by atoms with Crippen molar-refractivity contribution in [2.45, 2.75) is 45.1 Å². The topological polar surface area (TPSA) is 53.6 Å². The SMILES string of the molecule is C#CC1=C(N2CCC(C)(OC)CC2)c2cc(CC)[n+](O)cc2CC1=O. The predicted molar refractivity (Wildman–Crippen MR) is 93.9 cm³/mol. The lowest BCUT2D eigenvalue weighted by atomic mass is 9.86. The fourth-order valence-corrected chi connectivity index (χ4v) is 3.66. The summed E-state index contributed by atoms with van der Waals surface area (Å²) >= 11 is 0. The molecule has 2 aliphatic rings. The van der Waals surface area contributed by atoms with Crippen molar-refractivity contribution in [2.24, 2.45) is 0 Å². The number of hydrogen-bond donors (Lipinski definition) is 1. The van der Waals surface area contributed by atoms with Crippen LogP contribution in [0, 0.1) is 12.3 Å². The zero-order valence-corrected chi connectivity index (χ0v) is 15.1. The monoisotopic (exact) mass is 341 g/mol. The highest BCUT2D eigenvalue weighted by atomic mass is 16.5. The number of rotatable bonds is 3. The highest BCUT2D eigenvalue weighted by Crippen LogP contribution is 2.36. The minimum Gasteiger partial charge on any atom is -0.378 e. The number of ketones is 1. The molecule has 1 saturated heterocycles. The van der Waals surface area contributed by atoms with E-state index in [0.29, 0.717) is 12.0 Å². The van der Waals surface area contributed by atoms with E-state index in [1.165, 1.54) is 0 Å². The average molecular weight is 341 g/mol. The van der Waals surface area contributed by atoms with Gasteiger partial charge in [-0.3, -0.25) is 10.0 Å². The fourth-order valence-electron chi connectivity index (χ4n) is 3.66. The van der Waals surface area contributed by atoms with Crippen LogP contribution in [-0.4, -0.2) is 41.7 Å². The summed E-state index contributed by atoms with van der Waals surface area (Å²) in [7, 11) is 1.74. The minimum atomic E-state index is -0.131. The number of likely N-dealkylation sites (tertiary alicyclic amines) is 1. The fraction of sp³-hybridized carbons (Fsp3) is 0.500. The van der Waals surface area contributed by atoms with Crippen LogP contribution in [0.3, 0.4) is 0 Å². The van der Waals surface area contributed by atoms with Crippen molar-refractivity contribution in [2.75, 3.05) is 20.2 Å². The first-order valence-electron chi connectivity index (χ1n) is 8.73. The van der Waals surface area contributed by atoms with Crippen LogP contribution in [0.2, 0.25) is 0 Å². The molecule has 0 unspecified atom stereocenters. The summed E-state index contributed by atoms with van der Waals surface area (Å²) in [6, 6.07) is 1.96. The summed E-state index contributed by atoms with van der Waals surface area (Å²) < 4.78 is 6.74. The second-order valence-electron chi connectivity index (χ2n) is 7.01. The Kier molecular flexibility index (Phi) is 4.57. The Balaban J connectivity index is 2.07. The zero-order chi connectivity index (χ0) is 18.2. The predicted octanol–water partition coefficient (Wildman–Crippen LogP) is 1.74. The lowest BCUT2D eigenvalue weighted by molar-refractivity contribution is -0.909. The van der Waals surface area contributed by atoms with Crippen LogP contribution in [0.4, 0.5) is 0 Å². The van der Waals surface area contributed by atoms with Gasteiger partial charge in [0, 0.05) is 55.0 Å². The van der Waals surface area contributed by atoms with Crippen molar-refractivity contribution >= 4 is 11.5 Å². The van der Waals surface area contributed by atoms with Crippen LogP contribution >= 0.6 is 0 Å². The number of methoxy groups -OCH3 is 1. The van der Waals surface area contributed by atoms with Gasteiger partial charge in [0.15, 0.2) is 5.78 Å². The number of aryl methyl sites for hydroxylation is 1. The molecule has 5 heteroatoms. The molecule has 0 radical (unpaired) electrons. The summed E-state index contributed by atoms with van der Waals surface area (Å²) in [6.07, 6.45) is 10.0. The van der Waals surface area contributed by atoms with Gasteiger partial charge in [-0.1, -0.05) is 12.8 Å². The number of fused-ring (bicyclic) bond motifs is 1. The number of carbonyl (C=O) groups excluding carboxylic acids is 1. The van der Waals surface area contributed by atoms with Gasteiger partial charge in [0.25, 0.3) is 0 Å². The summed E-state index contributed by atoms with van der Waals surface area (Å²) in [5, 5.41) is 10.1. The molecular formula is C20H25N2O3+. The van der Waals surface area contributed by atoms with Gasteiger partial charge in [-0.05, 0) is 19.8 Å². The molecule has 0 saturated carbocycles. The lowest BCUT2D eigenvalue weighted by Gasteiger charge is -2.41. The van der Waals surface area contributed by atoms with Gasteiger partial charge < -0.3 is 9.64 Å². The number of nitrogens with zero attached hydrogens (tertiary/aromatic N) is 2. The van der Waals surface area contributed by atoms with Gasteiger partial charge >= 0.3 is 0 Å². The number of aromatic nitrogens is 1. The molecule has 0 bridgehead atoms. The summed E-state index contributed by atoms with van der Waals surface area (Å²) in [4.78, 5) is 14.7. The van der Waals surface area contributed by atoms with E-state index in [1.807, 2.05) is 13.0 Å². The van der Waals surface area contributed by atoms with E-state index in [-0.39, 0.29) is 17.8 Å². The van der Waals surface area contributed by atoms with Crippen molar-refractivity contribution in [3.05, 3.63) is 34.7 Å². The van der Waals surface area contributed by atoms with Crippen LogP contribution in [0.15, 0.2) is 17.8 Å². The Labute approximate surface area is 148 Å². The average Bonchev–Trinajstić information content (AvgIpc) is 2.61. The second-order valence-corrected chi connectivity index (χ2v) is 7.01. The smallest absolute Gasteiger partial charge is 0.234 e. The van der Waals surface area contributed by atoms with E-state index in [9.17, 15) is 10.0 Å². The third kappa shape index (κ3) is 3.03. The molecule has 1 aliphatic heterocycles. The lowest BCUT2D eigenvalue weighted by Crippen LogP contribution is -2.44. The molecule has 1 aromatic rings. The molecule has 1 N–H and O–H groups in total. The van der Waals surface area contributed by atoms with Crippen molar-refractivity contribution in [1.82, 2.24) is 4.90 Å². The van der Waals surface area contributed by atoms with Gasteiger partial charge in [-0.15, -0.1) is 6.42 Å². The largest absolute Gasteiger partial charge is 0.378 e. The number of terminal acetylenes is 1. The third-order valence-corrected chi connectivity index (χ3v) is 5.49. The number of Topliss-reactive ketones (excluding diaryl/α,β-unsaturated/α-hetero) is 1. The quantitative estimate of drug-likeness (QED) is 0.517. The molecule has 3 rings (SSSR count). The van der Waals surface area contributed by atoms with Gasteiger partial charge in [0.2, 0.25) is 11.9 Å². The molecule has 0 atom stereocenters. The highest BCUT2D eigenvalue weighted by molar-refractivity contribution is 6.10. The Morgan fingerprint density at radius 1 is 1.44 bits per heavy atom. The van der Waals surface area contributed by atoms with E-state index >= 15 is 0 Å². The molecule has 2 heterocycles. The third-order valence-electron chi connectivity index (χ3n) is 5.49. The molecular weight excluding hydrogens is 316 g/mol. The van der Waals surface area contributed by atoms with E-state index in [0.717, 1.165) is 53.2 Å². The molecule has 0 spiro atoms. The van der Waals surface area contributed by atoms with Crippen molar-refractivity contribution in [1.29, 1.82) is 0 Å². The Bertz CT molecular complexity index is 781. The Morgan fingerprint density at radius 3 is 2.68 bits per heavy atom. The van der Waals surface area contributed by atoms with Crippen molar-refractivity contribution in [3.8, 4) is 12.3 Å². The first kappa shape index (κ1) is 17.5. The van der Waals surface area contributed by atoms with E-state index < -0.39 is 0 Å². The normalized spacial score (nSPS) is 19.6. The molecule has 25 heavy (non-hydrogen) atoms. The molecule has 0 aromatic carbocycles. The molecule has 5 nitrogen and oxygen atoms in total. The Morgan fingerprint density at radius 2 is 2.12 bits per heavy atom. The maximum Gasteiger partial charge on any atom is 0.234 e. The summed E-state index contributed by atoms with van der Waals surface area (Å²) in [5.74, 6) is 2.56. The van der Waals surface area contributed by atoms with Gasteiger partial charge in [0.1, 0.15) is 0 Å².